The third-order valence-electron chi connectivity index (χ3n) is 6.12. The minimum absolute atomic E-state index is 0.0789. The first kappa shape index (κ1) is 14.9. The summed E-state index contributed by atoms with van der Waals surface area (Å²) in [5, 5.41) is 10.5. The van der Waals surface area contributed by atoms with Crippen LogP contribution in [0.1, 0.15) is 33.1 Å². The van der Waals surface area contributed by atoms with Crippen molar-refractivity contribution in [1.82, 2.24) is 4.90 Å². The molecule has 21 heavy (non-hydrogen) atoms. The van der Waals surface area contributed by atoms with Crippen LogP contribution in [0.5, 0.6) is 0 Å². The molecule has 0 unspecified atom stereocenters. The molecule has 6 heteroatoms. The predicted octanol–water partition coefficient (Wildman–Crippen LogP) is 0.805. The van der Waals surface area contributed by atoms with Crippen molar-refractivity contribution in [2.45, 2.75) is 39.2 Å². The molecule has 2 saturated carbocycles. The third-order valence-corrected chi connectivity index (χ3v) is 7.68. The number of amides is 2. The van der Waals surface area contributed by atoms with Crippen molar-refractivity contribution in [1.29, 1.82) is 0 Å². The first-order valence-electron chi connectivity index (χ1n) is 7.31. The number of likely N-dealkylation sites (N-methyl/N-ethyl adjacent to an activating group) is 1. The van der Waals surface area contributed by atoms with Crippen LogP contribution in [-0.4, -0.2) is 44.9 Å². The Morgan fingerprint density at radius 3 is 2.52 bits per heavy atom. The van der Waals surface area contributed by atoms with Crippen LogP contribution in [0.2, 0.25) is 0 Å². The number of hydrogen-bond acceptors (Lipinski definition) is 4. The van der Waals surface area contributed by atoms with Gasteiger partial charge < -0.3 is 5.11 Å². The van der Waals surface area contributed by atoms with Crippen molar-refractivity contribution in [2.24, 2.45) is 16.7 Å². The minimum atomic E-state index is -1.55. The Kier molecular flexibility index (Phi) is 3.19. The topological polar surface area (TPSA) is 74.7 Å². The number of aliphatic hydroxyl groups excluding tert-OH is 1. The monoisotopic (exact) mass is 311 g/mol. The Hall–Kier alpha value is -1.01. The van der Waals surface area contributed by atoms with Crippen LogP contribution in [-0.2, 0) is 20.4 Å². The summed E-state index contributed by atoms with van der Waals surface area (Å²) in [7, 11) is -0.155. The summed E-state index contributed by atoms with van der Waals surface area (Å²) in [6.45, 7) is 4.25. The average Bonchev–Trinajstić information content (AvgIpc) is 2.88. The summed E-state index contributed by atoms with van der Waals surface area (Å²) >= 11 is 0. The molecule has 3 aliphatic rings. The van der Waals surface area contributed by atoms with Crippen molar-refractivity contribution < 1.29 is 18.9 Å². The van der Waals surface area contributed by atoms with E-state index < -0.39 is 34.1 Å². The molecule has 0 radical (unpaired) electrons. The minimum Gasteiger partial charge on any atom is -0.392 e. The van der Waals surface area contributed by atoms with Gasteiger partial charge in [0, 0.05) is 24.3 Å². The summed E-state index contributed by atoms with van der Waals surface area (Å²) in [4.78, 5) is 24.6. The van der Waals surface area contributed by atoms with Gasteiger partial charge in [-0.15, -0.1) is 0 Å². The van der Waals surface area contributed by atoms with Gasteiger partial charge in [-0.05, 0) is 30.6 Å². The second kappa shape index (κ2) is 4.49. The molecule has 0 spiro atoms. The van der Waals surface area contributed by atoms with Crippen LogP contribution in [0.4, 0.5) is 0 Å². The Morgan fingerprint density at radius 1 is 1.43 bits per heavy atom. The molecule has 0 aromatic rings. The molecule has 3 rings (SSSR count). The Morgan fingerprint density at radius 2 is 2.10 bits per heavy atom. The van der Waals surface area contributed by atoms with Gasteiger partial charge in [0.05, 0.1) is 16.9 Å². The van der Waals surface area contributed by atoms with Crippen molar-refractivity contribution in [3.05, 3.63) is 11.0 Å². The van der Waals surface area contributed by atoms with Crippen LogP contribution in [0.3, 0.4) is 0 Å². The summed E-state index contributed by atoms with van der Waals surface area (Å²) < 4.78 is 12.7. The normalized spacial score (nSPS) is 39.0. The molecule has 0 saturated heterocycles. The molecule has 1 N–H and O–H groups in total. The van der Waals surface area contributed by atoms with E-state index in [1.165, 1.54) is 13.1 Å². The molecule has 5 nitrogen and oxygen atoms in total. The van der Waals surface area contributed by atoms with E-state index in [-0.39, 0.29) is 16.1 Å². The number of aliphatic hydroxyl groups is 1. The number of nitrogens with zero attached hydrogens (tertiary/aromatic N) is 1. The number of imide groups is 1. The first-order valence-corrected chi connectivity index (χ1v) is 8.63. The lowest BCUT2D eigenvalue weighted by atomic mass is 9.70. The van der Waals surface area contributed by atoms with Gasteiger partial charge in [-0.25, -0.2) is 0 Å². The van der Waals surface area contributed by atoms with Gasteiger partial charge in [-0.3, -0.25) is 18.7 Å². The highest BCUT2D eigenvalue weighted by molar-refractivity contribution is 7.90. The highest BCUT2D eigenvalue weighted by atomic mass is 32.2. The molecule has 4 atom stereocenters. The molecule has 0 aromatic carbocycles. The summed E-state index contributed by atoms with van der Waals surface area (Å²) in [5.41, 5.74) is -0.492. The van der Waals surface area contributed by atoms with E-state index in [0.717, 1.165) is 24.2 Å². The van der Waals surface area contributed by atoms with Gasteiger partial charge in [0.2, 0.25) is 0 Å². The zero-order chi connectivity index (χ0) is 15.6. The zero-order valence-corrected chi connectivity index (χ0v) is 13.4. The molecule has 2 bridgehead atoms. The molecule has 1 heterocycles. The maximum absolute atomic E-state index is 12.7. The maximum atomic E-state index is 12.7. The van der Waals surface area contributed by atoms with E-state index in [4.69, 9.17) is 0 Å². The molecule has 2 amide bonds. The molecule has 2 aliphatic carbocycles. The molecule has 2 fully saturated rings. The van der Waals surface area contributed by atoms with Crippen LogP contribution in [0, 0.1) is 16.7 Å². The maximum Gasteiger partial charge on any atom is 0.269 e. The standard InChI is InChI=1S/C15H21NO4S/c1-14(2)9-4-5-15(14,11(17)6-9)8-21(20)10-7-12(18)16(3)13(10)19/h7,9,11,17H,4-6,8H2,1-3H3/t9-,11-,15-,21-/m1/s1. The summed E-state index contributed by atoms with van der Waals surface area (Å²) in [6.07, 6.45) is 3.32. The Labute approximate surface area is 126 Å². The van der Waals surface area contributed by atoms with Gasteiger partial charge in [-0.1, -0.05) is 13.8 Å². The number of hydrogen-bond donors (Lipinski definition) is 1. The van der Waals surface area contributed by atoms with Crippen LogP contribution in [0.25, 0.3) is 0 Å². The van der Waals surface area contributed by atoms with Crippen molar-refractivity contribution in [3.63, 3.8) is 0 Å². The van der Waals surface area contributed by atoms with Gasteiger partial charge in [0.1, 0.15) is 4.91 Å². The average molecular weight is 311 g/mol. The fourth-order valence-corrected chi connectivity index (χ4v) is 6.29. The lowest BCUT2D eigenvalue weighted by Gasteiger charge is -2.40. The lowest BCUT2D eigenvalue weighted by molar-refractivity contribution is -0.135. The van der Waals surface area contributed by atoms with Gasteiger partial charge in [0.25, 0.3) is 11.8 Å². The smallest absolute Gasteiger partial charge is 0.269 e. The second-order valence-electron chi connectivity index (χ2n) is 7.07. The van der Waals surface area contributed by atoms with Gasteiger partial charge >= 0.3 is 0 Å². The van der Waals surface area contributed by atoms with Crippen LogP contribution in [0.15, 0.2) is 11.0 Å². The Bertz CT molecular complexity index is 582. The predicted molar refractivity (Wildman–Crippen MR) is 78.4 cm³/mol. The molecule has 1 aliphatic heterocycles. The number of carbonyl (C=O) groups excluding carboxylic acids is 2. The van der Waals surface area contributed by atoms with E-state index in [1.54, 1.807) is 0 Å². The van der Waals surface area contributed by atoms with Gasteiger partial charge in [0.15, 0.2) is 0 Å². The van der Waals surface area contributed by atoms with E-state index in [2.05, 4.69) is 13.8 Å². The van der Waals surface area contributed by atoms with Gasteiger partial charge in [-0.2, -0.15) is 0 Å². The fourth-order valence-electron chi connectivity index (χ4n) is 4.39. The SMILES string of the molecule is CN1C(=O)C=C([S@](=O)C[C@]23CC[C@H](C[C@H]2O)C3(C)C)C1=O. The molecule has 0 aromatic heterocycles. The summed E-state index contributed by atoms with van der Waals surface area (Å²) in [6, 6.07) is 0. The van der Waals surface area contributed by atoms with E-state index >= 15 is 0 Å². The molecule has 116 valence electrons. The lowest BCUT2D eigenvalue weighted by Crippen LogP contribution is -2.43. The summed E-state index contributed by atoms with van der Waals surface area (Å²) in [5.74, 6) is -0.191. The number of carbonyl (C=O) groups is 2. The van der Waals surface area contributed by atoms with E-state index in [0.29, 0.717) is 5.92 Å². The third kappa shape index (κ3) is 1.81. The first-order chi connectivity index (χ1) is 9.70. The fraction of sp³-hybridized carbons (Fsp3) is 0.733. The van der Waals surface area contributed by atoms with Crippen LogP contribution < -0.4 is 0 Å². The number of fused-ring (bicyclic) bond motifs is 2. The van der Waals surface area contributed by atoms with Crippen molar-refractivity contribution >= 4 is 22.6 Å². The van der Waals surface area contributed by atoms with E-state index in [9.17, 15) is 18.9 Å². The second-order valence-corrected chi connectivity index (χ2v) is 8.49. The molecular formula is C15H21NO4S. The van der Waals surface area contributed by atoms with Crippen molar-refractivity contribution in [2.75, 3.05) is 12.8 Å². The highest BCUT2D eigenvalue weighted by Gasteiger charge is 2.64. The highest BCUT2D eigenvalue weighted by Crippen LogP contribution is 2.66. The zero-order valence-electron chi connectivity index (χ0n) is 12.6. The number of rotatable bonds is 3. The Balaban J connectivity index is 1.87. The quantitative estimate of drug-likeness (QED) is 0.783. The van der Waals surface area contributed by atoms with E-state index in [1.807, 2.05) is 0 Å². The van der Waals surface area contributed by atoms with Crippen molar-refractivity contribution in [3.8, 4) is 0 Å². The largest absolute Gasteiger partial charge is 0.392 e. The van der Waals surface area contributed by atoms with Crippen LogP contribution >= 0.6 is 0 Å². The molecular weight excluding hydrogens is 290 g/mol.